The topological polar surface area (TPSA) is 52.9 Å². The molecule has 1 heterocycles. The number of aliphatic hydroxyl groups is 2. The molecule has 2 N–H and O–H groups in total. The monoisotopic (exact) mass is 453 g/mol. The zero-order valence-electron chi connectivity index (χ0n) is 16.9. The molecular weight excluding hydrogens is 430 g/mol. The Morgan fingerprint density at radius 1 is 0.759 bits per heavy atom. The van der Waals surface area contributed by atoms with Crippen molar-refractivity contribution >= 4 is 33.0 Å². The maximum absolute atomic E-state index is 10.9. The van der Waals surface area contributed by atoms with Crippen molar-refractivity contribution in [3.05, 3.63) is 76.3 Å². The van der Waals surface area contributed by atoms with Crippen LogP contribution in [0.3, 0.4) is 0 Å². The van der Waals surface area contributed by atoms with Gasteiger partial charge in [-0.05, 0) is 58.0 Å². The van der Waals surface area contributed by atoms with Gasteiger partial charge in [0.25, 0.3) is 0 Å². The predicted octanol–water partition coefficient (Wildman–Crippen LogP) is 6.48. The van der Waals surface area contributed by atoms with Gasteiger partial charge < -0.3 is 19.8 Å². The number of hydrogen-bond acceptors (Lipinski definition) is 4. The molecule has 0 amide bonds. The first-order chi connectivity index (χ1) is 13.6. The summed E-state index contributed by atoms with van der Waals surface area (Å²) in [6, 6.07) is 19.3. The largest absolute Gasteiger partial charge is 0.453 e. The number of fused-ring (bicyclic) bond motifs is 2. The summed E-state index contributed by atoms with van der Waals surface area (Å²) in [5, 5.41) is 21.7. The number of halogens is 1. The lowest BCUT2D eigenvalue weighted by atomic mass is 9.91. The summed E-state index contributed by atoms with van der Waals surface area (Å²) in [4.78, 5) is 2.07. The van der Waals surface area contributed by atoms with Crippen LogP contribution in [-0.2, 0) is 11.2 Å². The van der Waals surface area contributed by atoms with Gasteiger partial charge in [-0.25, -0.2) is 0 Å². The summed E-state index contributed by atoms with van der Waals surface area (Å²) in [6.45, 7) is 7.08. The lowest BCUT2D eigenvalue weighted by Gasteiger charge is -2.38. The summed E-state index contributed by atoms with van der Waals surface area (Å²) in [5.74, 6) is 1.35. The van der Waals surface area contributed by atoms with E-state index in [1.165, 1.54) is 0 Å². The number of anilines is 3. The highest BCUT2D eigenvalue weighted by Gasteiger charge is 2.35. The Kier molecular flexibility index (Phi) is 4.73. The van der Waals surface area contributed by atoms with Crippen LogP contribution in [0.15, 0.2) is 65.1 Å². The quantitative estimate of drug-likeness (QED) is 0.372. The molecule has 0 fully saturated rings. The second-order valence-corrected chi connectivity index (χ2v) is 9.25. The van der Waals surface area contributed by atoms with Gasteiger partial charge in [0.15, 0.2) is 11.5 Å². The van der Waals surface area contributed by atoms with Crippen LogP contribution < -0.4 is 9.64 Å². The summed E-state index contributed by atoms with van der Waals surface area (Å²) in [6.07, 6.45) is 0. The first-order valence-electron chi connectivity index (χ1n) is 9.52. The molecule has 1 aliphatic heterocycles. The van der Waals surface area contributed by atoms with Gasteiger partial charge in [0, 0.05) is 15.6 Å². The van der Waals surface area contributed by atoms with Crippen LogP contribution in [0.2, 0.25) is 0 Å². The zero-order valence-corrected chi connectivity index (χ0v) is 18.5. The van der Waals surface area contributed by atoms with E-state index in [0.29, 0.717) is 11.5 Å². The van der Waals surface area contributed by atoms with Crippen LogP contribution in [-0.4, -0.2) is 10.2 Å². The van der Waals surface area contributed by atoms with Crippen LogP contribution in [0.1, 0.15) is 38.8 Å². The van der Waals surface area contributed by atoms with Crippen molar-refractivity contribution in [2.45, 2.75) is 38.9 Å². The predicted molar refractivity (Wildman–Crippen MR) is 119 cm³/mol. The number of benzene rings is 3. The van der Waals surface area contributed by atoms with Gasteiger partial charge in [0.05, 0.1) is 28.3 Å². The normalized spacial score (nSPS) is 13.6. The molecule has 0 bridgehead atoms. The number of ether oxygens (including phenoxy) is 1. The highest BCUT2D eigenvalue weighted by molar-refractivity contribution is 9.10. The third-order valence-electron chi connectivity index (χ3n) is 5.07. The SMILES string of the molecule is CC(C)(O)c1ccccc1N1c2ccc(Br)cc2Oc2cccc(C(C)(C)O)c21. The lowest BCUT2D eigenvalue weighted by Crippen LogP contribution is -2.26. The average Bonchev–Trinajstić information content (AvgIpc) is 2.64. The second-order valence-electron chi connectivity index (χ2n) is 8.34. The third kappa shape index (κ3) is 3.54. The smallest absolute Gasteiger partial charge is 0.152 e. The first kappa shape index (κ1) is 20.0. The Hall–Kier alpha value is -2.34. The maximum Gasteiger partial charge on any atom is 0.152 e. The average molecular weight is 454 g/mol. The molecule has 0 aromatic heterocycles. The van der Waals surface area contributed by atoms with Crippen molar-refractivity contribution in [2.75, 3.05) is 4.90 Å². The molecule has 1 aliphatic rings. The van der Waals surface area contributed by atoms with Gasteiger partial charge in [-0.1, -0.05) is 46.3 Å². The lowest BCUT2D eigenvalue weighted by molar-refractivity contribution is 0.0787. The molecule has 3 aromatic rings. The van der Waals surface area contributed by atoms with Gasteiger partial charge in [0.1, 0.15) is 0 Å². The van der Waals surface area contributed by atoms with E-state index in [1.807, 2.05) is 60.7 Å². The highest BCUT2D eigenvalue weighted by atomic mass is 79.9. The fraction of sp³-hybridized carbons (Fsp3) is 0.250. The number of para-hydroxylation sites is 2. The molecule has 3 aromatic carbocycles. The van der Waals surface area contributed by atoms with E-state index in [0.717, 1.165) is 32.7 Å². The van der Waals surface area contributed by atoms with Crippen LogP contribution >= 0.6 is 15.9 Å². The molecule has 0 spiro atoms. The van der Waals surface area contributed by atoms with E-state index in [1.54, 1.807) is 27.7 Å². The molecule has 5 heteroatoms. The third-order valence-corrected chi connectivity index (χ3v) is 5.56. The van der Waals surface area contributed by atoms with Crippen molar-refractivity contribution in [2.24, 2.45) is 0 Å². The van der Waals surface area contributed by atoms with E-state index in [2.05, 4.69) is 20.8 Å². The Morgan fingerprint density at radius 2 is 1.41 bits per heavy atom. The molecule has 4 nitrogen and oxygen atoms in total. The molecule has 0 saturated heterocycles. The van der Waals surface area contributed by atoms with Gasteiger partial charge >= 0.3 is 0 Å². The van der Waals surface area contributed by atoms with Crippen molar-refractivity contribution < 1.29 is 14.9 Å². The minimum Gasteiger partial charge on any atom is -0.453 e. The summed E-state index contributed by atoms with van der Waals surface area (Å²) in [7, 11) is 0. The number of nitrogens with zero attached hydrogens (tertiary/aromatic N) is 1. The highest BCUT2D eigenvalue weighted by Crippen LogP contribution is 2.55. The molecule has 0 saturated carbocycles. The van der Waals surface area contributed by atoms with Crippen LogP contribution in [0.25, 0.3) is 0 Å². The van der Waals surface area contributed by atoms with Crippen molar-refractivity contribution in [3.8, 4) is 11.5 Å². The second kappa shape index (κ2) is 6.87. The molecule has 150 valence electrons. The van der Waals surface area contributed by atoms with Crippen LogP contribution in [0, 0.1) is 0 Å². The molecule has 29 heavy (non-hydrogen) atoms. The number of rotatable bonds is 3. The Bertz CT molecular complexity index is 1080. The van der Waals surface area contributed by atoms with Crippen molar-refractivity contribution in [1.82, 2.24) is 0 Å². The van der Waals surface area contributed by atoms with E-state index >= 15 is 0 Å². The summed E-state index contributed by atoms with van der Waals surface area (Å²) < 4.78 is 7.14. The molecule has 0 atom stereocenters. The van der Waals surface area contributed by atoms with Crippen LogP contribution in [0.4, 0.5) is 17.1 Å². The Labute approximate surface area is 179 Å². The molecule has 0 radical (unpaired) electrons. The summed E-state index contributed by atoms with van der Waals surface area (Å²) in [5.41, 5.74) is 1.85. The minimum absolute atomic E-state index is 0.653. The van der Waals surface area contributed by atoms with Crippen LogP contribution in [0.5, 0.6) is 11.5 Å². The maximum atomic E-state index is 10.9. The minimum atomic E-state index is -1.08. The van der Waals surface area contributed by atoms with E-state index in [-0.39, 0.29) is 0 Å². The van der Waals surface area contributed by atoms with Gasteiger partial charge in [-0.2, -0.15) is 0 Å². The van der Waals surface area contributed by atoms with E-state index in [9.17, 15) is 10.2 Å². The van der Waals surface area contributed by atoms with Gasteiger partial charge in [-0.15, -0.1) is 0 Å². The molecule has 0 aliphatic carbocycles. The first-order valence-corrected chi connectivity index (χ1v) is 10.3. The standard InChI is InChI=1S/C24H24BrNO3/c1-23(2,27)16-8-5-6-10-18(16)26-19-13-12-15(25)14-21(19)29-20-11-7-9-17(22(20)26)24(3,4)28/h5-14,27-28H,1-4H3. The molecule has 4 rings (SSSR count). The fourth-order valence-corrected chi connectivity index (χ4v) is 4.10. The van der Waals surface area contributed by atoms with Gasteiger partial charge in [0.2, 0.25) is 0 Å². The zero-order chi connectivity index (χ0) is 21.0. The fourth-order valence-electron chi connectivity index (χ4n) is 3.76. The van der Waals surface area contributed by atoms with Crippen molar-refractivity contribution in [1.29, 1.82) is 0 Å². The number of hydrogen-bond donors (Lipinski definition) is 2. The Balaban J connectivity index is 2.08. The van der Waals surface area contributed by atoms with Gasteiger partial charge in [-0.3, -0.25) is 0 Å². The van der Waals surface area contributed by atoms with Crippen molar-refractivity contribution in [3.63, 3.8) is 0 Å². The Morgan fingerprint density at radius 3 is 2.10 bits per heavy atom. The summed E-state index contributed by atoms with van der Waals surface area (Å²) >= 11 is 3.52. The molecule has 0 unspecified atom stereocenters. The van der Waals surface area contributed by atoms with E-state index < -0.39 is 11.2 Å². The molecular formula is C24H24BrNO3. The van der Waals surface area contributed by atoms with E-state index in [4.69, 9.17) is 4.74 Å².